The van der Waals surface area contributed by atoms with E-state index in [2.05, 4.69) is 0 Å². The van der Waals surface area contributed by atoms with E-state index in [-0.39, 0.29) is 11.1 Å². The van der Waals surface area contributed by atoms with Gasteiger partial charge in [0.05, 0.1) is 5.52 Å². The van der Waals surface area contributed by atoms with Crippen molar-refractivity contribution in [1.29, 1.82) is 5.26 Å². The summed E-state index contributed by atoms with van der Waals surface area (Å²) in [7, 11) is 1.72. The second kappa shape index (κ2) is 3.74. The van der Waals surface area contributed by atoms with Gasteiger partial charge in [-0.3, -0.25) is 4.79 Å². The lowest BCUT2D eigenvalue weighted by molar-refractivity contribution is 0.892. The molecule has 0 saturated heterocycles. The van der Waals surface area contributed by atoms with E-state index < -0.39 is 0 Å². The molecule has 0 N–H and O–H groups in total. The first kappa shape index (κ1) is 11.4. The van der Waals surface area contributed by atoms with Crippen LogP contribution in [0.2, 0.25) is 0 Å². The fourth-order valence-corrected chi connectivity index (χ4v) is 2.39. The van der Waals surface area contributed by atoms with Crippen molar-refractivity contribution in [3.63, 3.8) is 0 Å². The van der Waals surface area contributed by atoms with Gasteiger partial charge in [-0.25, -0.2) is 0 Å². The Kier molecular flexibility index (Phi) is 2.51. The summed E-state index contributed by atoms with van der Waals surface area (Å²) in [4.78, 5) is 12.0. The first-order valence-electron chi connectivity index (χ1n) is 5.48. The van der Waals surface area contributed by atoms with Crippen LogP contribution in [0.3, 0.4) is 0 Å². The van der Waals surface area contributed by atoms with Gasteiger partial charge in [0.15, 0.2) is 0 Å². The zero-order valence-corrected chi connectivity index (χ0v) is 10.5. The molecule has 0 bridgehead atoms. The number of aromatic nitrogens is 1. The standard InChI is InChI=1S/C14H14N2O/c1-8-5-6-9(2)13-12(8)10(3)11(7-15)14(17)16(13)4/h5-6H,1-4H3. The summed E-state index contributed by atoms with van der Waals surface area (Å²) >= 11 is 0. The molecule has 1 aromatic heterocycles. The fourth-order valence-electron chi connectivity index (χ4n) is 2.39. The van der Waals surface area contributed by atoms with Crippen molar-refractivity contribution in [2.45, 2.75) is 20.8 Å². The van der Waals surface area contributed by atoms with Crippen molar-refractivity contribution in [1.82, 2.24) is 4.57 Å². The molecule has 1 heterocycles. The number of benzene rings is 1. The van der Waals surface area contributed by atoms with Gasteiger partial charge in [0.25, 0.3) is 5.56 Å². The third-order valence-corrected chi connectivity index (χ3v) is 3.30. The minimum absolute atomic E-state index is 0.216. The largest absolute Gasteiger partial charge is 0.310 e. The molecule has 0 amide bonds. The van der Waals surface area contributed by atoms with Gasteiger partial charge >= 0.3 is 0 Å². The Hall–Kier alpha value is -2.08. The highest BCUT2D eigenvalue weighted by atomic mass is 16.1. The molecule has 0 aliphatic heterocycles. The Labute approximate surface area is 99.9 Å². The minimum atomic E-state index is -0.216. The van der Waals surface area contributed by atoms with Crippen LogP contribution in [0.15, 0.2) is 16.9 Å². The Morgan fingerprint density at radius 1 is 1.18 bits per heavy atom. The zero-order valence-electron chi connectivity index (χ0n) is 10.5. The predicted octanol–water partition coefficient (Wildman–Crippen LogP) is 2.34. The van der Waals surface area contributed by atoms with Crippen LogP contribution in [0.1, 0.15) is 22.3 Å². The molecule has 0 radical (unpaired) electrons. The van der Waals surface area contributed by atoms with Gasteiger partial charge in [-0.1, -0.05) is 12.1 Å². The van der Waals surface area contributed by atoms with Gasteiger partial charge in [-0.05, 0) is 37.5 Å². The van der Waals surface area contributed by atoms with E-state index in [1.54, 1.807) is 11.6 Å². The molecule has 0 saturated carbocycles. The van der Waals surface area contributed by atoms with E-state index >= 15 is 0 Å². The molecule has 0 atom stereocenters. The number of hydrogen-bond acceptors (Lipinski definition) is 2. The first-order valence-corrected chi connectivity index (χ1v) is 5.48. The maximum Gasteiger partial charge on any atom is 0.268 e. The van der Waals surface area contributed by atoms with Crippen molar-refractivity contribution in [3.8, 4) is 6.07 Å². The summed E-state index contributed by atoms with van der Waals surface area (Å²) < 4.78 is 1.57. The van der Waals surface area contributed by atoms with Gasteiger partial charge in [-0.2, -0.15) is 5.26 Å². The van der Waals surface area contributed by atoms with Crippen LogP contribution in [-0.4, -0.2) is 4.57 Å². The quantitative estimate of drug-likeness (QED) is 0.692. The fraction of sp³-hybridized carbons (Fsp3) is 0.286. The second-order valence-corrected chi connectivity index (χ2v) is 4.40. The van der Waals surface area contributed by atoms with Gasteiger partial charge in [0.1, 0.15) is 11.6 Å². The van der Waals surface area contributed by atoms with E-state index in [9.17, 15) is 4.79 Å². The van der Waals surface area contributed by atoms with Gasteiger partial charge in [0.2, 0.25) is 0 Å². The maximum absolute atomic E-state index is 12.0. The van der Waals surface area contributed by atoms with Crippen molar-refractivity contribution in [2.75, 3.05) is 0 Å². The molecule has 0 aliphatic carbocycles. The van der Waals surface area contributed by atoms with Gasteiger partial charge in [0, 0.05) is 12.4 Å². The molecule has 0 spiro atoms. The number of nitriles is 1. The molecular formula is C14H14N2O. The summed E-state index contributed by atoms with van der Waals surface area (Å²) in [6.45, 7) is 5.82. The molecule has 17 heavy (non-hydrogen) atoms. The predicted molar refractivity (Wildman–Crippen MR) is 68.1 cm³/mol. The normalized spacial score (nSPS) is 10.5. The Morgan fingerprint density at radius 2 is 1.76 bits per heavy atom. The molecule has 86 valence electrons. The van der Waals surface area contributed by atoms with Crippen LogP contribution in [0, 0.1) is 32.1 Å². The molecule has 0 fully saturated rings. The lowest BCUT2D eigenvalue weighted by Gasteiger charge is -2.13. The van der Waals surface area contributed by atoms with Crippen LogP contribution >= 0.6 is 0 Å². The third-order valence-electron chi connectivity index (χ3n) is 3.30. The zero-order chi connectivity index (χ0) is 12.7. The molecule has 3 nitrogen and oxygen atoms in total. The van der Waals surface area contributed by atoms with E-state index in [0.29, 0.717) is 0 Å². The van der Waals surface area contributed by atoms with Crippen molar-refractivity contribution >= 4 is 10.9 Å². The highest BCUT2D eigenvalue weighted by Crippen LogP contribution is 2.25. The van der Waals surface area contributed by atoms with Crippen LogP contribution in [-0.2, 0) is 7.05 Å². The summed E-state index contributed by atoms with van der Waals surface area (Å²) in [6.07, 6.45) is 0. The van der Waals surface area contributed by atoms with Crippen LogP contribution in [0.4, 0.5) is 0 Å². The maximum atomic E-state index is 12.0. The number of fused-ring (bicyclic) bond motifs is 1. The summed E-state index contributed by atoms with van der Waals surface area (Å²) in [6, 6.07) is 6.04. The van der Waals surface area contributed by atoms with E-state index in [0.717, 1.165) is 27.6 Å². The van der Waals surface area contributed by atoms with E-state index in [4.69, 9.17) is 5.26 Å². The van der Waals surface area contributed by atoms with Crippen LogP contribution < -0.4 is 5.56 Å². The smallest absolute Gasteiger partial charge is 0.268 e. The topological polar surface area (TPSA) is 45.8 Å². The molecule has 0 unspecified atom stereocenters. The van der Waals surface area contributed by atoms with Crippen molar-refractivity contribution in [2.24, 2.45) is 7.05 Å². The Morgan fingerprint density at radius 3 is 2.35 bits per heavy atom. The van der Waals surface area contributed by atoms with Crippen LogP contribution in [0.5, 0.6) is 0 Å². The first-order chi connectivity index (χ1) is 7.99. The average Bonchev–Trinajstić information content (AvgIpc) is 2.30. The molecular weight excluding hydrogens is 212 g/mol. The van der Waals surface area contributed by atoms with Crippen molar-refractivity contribution in [3.05, 3.63) is 44.7 Å². The van der Waals surface area contributed by atoms with Crippen molar-refractivity contribution < 1.29 is 0 Å². The summed E-state index contributed by atoms with van der Waals surface area (Å²) in [5, 5.41) is 10.1. The number of rotatable bonds is 0. The molecule has 2 rings (SSSR count). The second-order valence-electron chi connectivity index (χ2n) is 4.40. The Bertz CT molecular complexity index is 718. The van der Waals surface area contributed by atoms with Gasteiger partial charge in [-0.15, -0.1) is 0 Å². The van der Waals surface area contributed by atoms with E-state index in [1.165, 1.54) is 0 Å². The molecule has 2 aromatic rings. The van der Waals surface area contributed by atoms with Crippen LogP contribution in [0.25, 0.3) is 10.9 Å². The minimum Gasteiger partial charge on any atom is -0.310 e. The monoisotopic (exact) mass is 226 g/mol. The Balaban J connectivity index is 3.22. The van der Waals surface area contributed by atoms with Gasteiger partial charge < -0.3 is 4.57 Å². The number of aryl methyl sites for hydroxylation is 4. The highest BCUT2D eigenvalue weighted by molar-refractivity contribution is 5.89. The SMILES string of the molecule is Cc1ccc(C)c2c1c(C)c(C#N)c(=O)n2C. The third kappa shape index (κ3) is 1.45. The van der Waals surface area contributed by atoms with E-state index in [1.807, 2.05) is 39.0 Å². The molecule has 3 heteroatoms. The molecule has 1 aromatic carbocycles. The highest BCUT2D eigenvalue weighted by Gasteiger charge is 2.14. The summed E-state index contributed by atoms with van der Waals surface area (Å²) in [5.41, 5.74) is 3.88. The number of pyridine rings is 1. The lowest BCUT2D eigenvalue weighted by Crippen LogP contribution is -2.22. The summed E-state index contributed by atoms with van der Waals surface area (Å²) in [5.74, 6) is 0. The lowest BCUT2D eigenvalue weighted by atomic mass is 9.98. The average molecular weight is 226 g/mol. The number of nitrogens with zero attached hydrogens (tertiary/aromatic N) is 2. The molecule has 0 aliphatic rings. The number of hydrogen-bond donors (Lipinski definition) is 0.